The van der Waals surface area contributed by atoms with Gasteiger partial charge in [-0.1, -0.05) is 42.0 Å². The summed E-state index contributed by atoms with van der Waals surface area (Å²) in [5, 5.41) is 0. The first kappa shape index (κ1) is 14.2. The summed E-state index contributed by atoms with van der Waals surface area (Å²) in [4.78, 5) is 0. The van der Waals surface area contributed by atoms with Crippen LogP contribution in [0.5, 0.6) is 5.75 Å². The molecule has 0 bridgehead atoms. The molecule has 5 rings (SSSR count). The normalized spacial score (nSPS) is 22.8. The molecule has 0 saturated carbocycles. The number of hydrogen-bond donors (Lipinski definition) is 0. The summed E-state index contributed by atoms with van der Waals surface area (Å²) < 4.78 is 6.27. The van der Waals surface area contributed by atoms with E-state index < -0.39 is 5.50 Å². The minimum absolute atomic E-state index is 0.741. The Morgan fingerprint density at radius 2 is 1.83 bits per heavy atom. The third-order valence-electron chi connectivity index (χ3n) is 5.71. The Balaban J connectivity index is 1.89. The Morgan fingerprint density at radius 1 is 1.04 bits per heavy atom. The number of ether oxygens (including phenoxy) is 1. The van der Waals surface area contributed by atoms with Gasteiger partial charge in [-0.2, -0.15) is 0 Å². The van der Waals surface area contributed by atoms with Crippen molar-refractivity contribution in [2.24, 2.45) is 0 Å². The van der Waals surface area contributed by atoms with E-state index in [1.54, 1.807) is 0 Å². The Kier molecular flexibility index (Phi) is 2.62. The first-order valence-electron chi connectivity index (χ1n) is 8.60. The topological polar surface area (TPSA) is 9.23 Å². The molecule has 116 valence electrons. The summed E-state index contributed by atoms with van der Waals surface area (Å²) in [5.74, 6) is 0.988. The van der Waals surface area contributed by atoms with E-state index in [1.165, 1.54) is 50.1 Å². The maximum absolute atomic E-state index is 6.28. The van der Waals surface area contributed by atoms with Gasteiger partial charge in [0.25, 0.3) is 0 Å². The molecule has 2 aromatic carbocycles. The van der Waals surface area contributed by atoms with Gasteiger partial charge in [0.1, 0.15) is 13.6 Å². The fourth-order valence-electron chi connectivity index (χ4n) is 4.46. The van der Waals surface area contributed by atoms with Gasteiger partial charge in [-0.05, 0) is 60.6 Å². The molecule has 0 amide bonds. The summed E-state index contributed by atoms with van der Waals surface area (Å²) in [5.41, 5.74) is 11.6. The largest absolute Gasteiger partial charge is 0.493 e. The summed E-state index contributed by atoms with van der Waals surface area (Å²) in [6.45, 7) is 6.40. The Hall–Kier alpha value is -2.22. The van der Waals surface area contributed by atoms with Gasteiger partial charge in [-0.25, -0.2) is 0 Å². The second-order valence-corrected chi connectivity index (χ2v) is 7.49. The van der Waals surface area contributed by atoms with Crippen LogP contribution in [0.3, 0.4) is 0 Å². The van der Waals surface area contributed by atoms with Crippen LogP contribution in [0.4, 0.5) is 0 Å². The highest BCUT2D eigenvalue weighted by molar-refractivity contribution is 6.16. The van der Waals surface area contributed by atoms with Gasteiger partial charge in [0.05, 0.1) is 5.50 Å². The van der Waals surface area contributed by atoms with E-state index in [0.29, 0.717) is 0 Å². The lowest BCUT2D eigenvalue weighted by Crippen LogP contribution is -2.32. The number of rotatable bonds is 0. The molecule has 0 aromatic heterocycles. The average molecular weight is 310 g/mol. The molecule has 1 nitrogen and oxygen atoms in total. The van der Waals surface area contributed by atoms with Gasteiger partial charge in [-0.3, -0.25) is 0 Å². The highest BCUT2D eigenvalue weighted by Gasteiger charge is 2.36. The lowest BCUT2D eigenvalue weighted by atomic mass is 9.79. The molecule has 3 aliphatic rings. The van der Waals surface area contributed by atoms with Crippen molar-refractivity contribution in [2.75, 3.05) is 0 Å². The molecule has 0 fully saturated rings. The summed E-state index contributed by atoms with van der Waals surface area (Å²) >= 11 is 0. The molecule has 1 atom stereocenters. The number of allylic oxidation sites excluding steroid dienone is 2. The minimum atomic E-state index is -0.741. The van der Waals surface area contributed by atoms with Crippen LogP contribution in [0.15, 0.2) is 35.9 Å². The number of hydrogen-bond acceptors (Lipinski definition) is 1. The van der Waals surface area contributed by atoms with Gasteiger partial charge in [-0.15, -0.1) is 0 Å². The zero-order valence-electron chi connectivity index (χ0n) is 14.4. The van der Waals surface area contributed by atoms with Crippen LogP contribution < -0.4 is 4.74 Å². The Labute approximate surface area is 144 Å². The standard InChI is InChI=1S/C22H19BO/c1-12-10-17-19(13(12)2)16-8-9-22(3,23)24-21(16)18-11-14-6-4-5-7-15(14)20(17)18/h4-9H,10-11H2,1-3H3/t22-/m0/s1. The summed E-state index contributed by atoms with van der Waals surface area (Å²) in [7, 11) is 6.28. The quantitative estimate of drug-likeness (QED) is 0.537. The lowest BCUT2D eigenvalue weighted by molar-refractivity contribution is 0.222. The van der Waals surface area contributed by atoms with Crippen LogP contribution in [0.2, 0.25) is 0 Å². The Morgan fingerprint density at radius 3 is 2.67 bits per heavy atom. The van der Waals surface area contributed by atoms with Crippen molar-refractivity contribution in [3.8, 4) is 16.9 Å². The van der Waals surface area contributed by atoms with Crippen molar-refractivity contribution in [1.29, 1.82) is 0 Å². The maximum atomic E-state index is 6.28. The van der Waals surface area contributed by atoms with E-state index >= 15 is 0 Å². The third kappa shape index (κ3) is 1.72. The van der Waals surface area contributed by atoms with Crippen molar-refractivity contribution in [3.63, 3.8) is 0 Å². The third-order valence-corrected chi connectivity index (χ3v) is 5.71. The second kappa shape index (κ2) is 4.44. The molecular formula is C22H19BO. The summed E-state index contributed by atoms with van der Waals surface area (Å²) in [6.07, 6.45) is 6.12. The molecule has 24 heavy (non-hydrogen) atoms. The fraction of sp³-hybridized carbons (Fsp3) is 0.273. The van der Waals surface area contributed by atoms with Crippen LogP contribution in [-0.2, 0) is 12.8 Å². The van der Waals surface area contributed by atoms with Crippen LogP contribution in [0.1, 0.15) is 48.6 Å². The monoisotopic (exact) mass is 310 g/mol. The van der Waals surface area contributed by atoms with E-state index in [-0.39, 0.29) is 0 Å². The minimum Gasteiger partial charge on any atom is -0.493 e. The molecule has 0 spiro atoms. The molecule has 1 aliphatic heterocycles. The van der Waals surface area contributed by atoms with Crippen LogP contribution in [-0.4, -0.2) is 13.3 Å². The van der Waals surface area contributed by atoms with Crippen LogP contribution in [0.25, 0.3) is 22.8 Å². The lowest BCUT2D eigenvalue weighted by Gasteiger charge is -2.32. The Bertz CT molecular complexity index is 976. The highest BCUT2D eigenvalue weighted by Crippen LogP contribution is 2.53. The molecular weight excluding hydrogens is 291 g/mol. The van der Waals surface area contributed by atoms with E-state index in [1.807, 2.05) is 13.0 Å². The summed E-state index contributed by atoms with van der Waals surface area (Å²) in [6, 6.07) is 8.74. The van der Waals surface area contributed by atoms with Crippen molar-refractivity contribution >= 4 is 19.5 Å². The molecule has 2 radical (unpaired) electrons. The van der Waals surface area contributed by atoms with Gasteiger partial charge >= 0.3 is 0 Å². The molecule has 0 saturated heterocycles. The zero-order valence-corrected chi connectivity index (χ0v) is 14.4. The van der Waals surface area contributed by atoms with Crippen molar-refractivity contribution in [2.45, 2.75) is 39.1 Å². The zero-order chi connectivity index (χ0) is 16.6. The van der Waals surface area contributed by atoms with E-state index in [0.717, 1.165) is 18.6 Å². The molecule has 0 unspecified atom stereocenters. The molecule has 2 heteroatoms. The van der Waals surface area contributed by atoms with Gasteiger partial charge in [0.2, 0.25) is 0 Å². The average Bonchev–Trinajstić information content (AvgIpc) is 3.06. The molecule has 2 aromatic rings. The van der Waals surface area contributed by atoms with Crippen molar-refractivity contribution in [1.82, 2.24) is 0 Å². The van der Waals surface area contributed by atoms with Gasteiger partial charge < -0.3 is 4.74 Å². The van der Waals surface area contributed by atoms with E-state index in [9.17, 15) is 0 Å². The maximum Gasteiger partial charge on any atom is 0.137 e. The molecule has 2 aliphatic carbocycles. The smallest absolute Gasteiger partial charge is 0.137 e. The van der Waals surface area contributed by atoms with Crippen molar-refractivity contribution in [3.05, 3.63) is 63.7 Å². The van der Waals surface area contributed by atoms with Gasteiger partial charge in [0, 0.05) is 17.5 Å². The SMILES string of the molecule is [B][C@]1(C)C=Cc2c(c3c(c4c2C(C)=C(C)C4)-c2ccccc2C3)O1. The first-order valence-corrected chi connectivity index (χ1v) is 8.60. The van der Waals surface area contributed by atoms with Crippen LogP contribution >= 0.6 is 0 Å². The van der Waals surface area contributed by atoms with Gasteiger partial charge in [0.15, 0.2) is 0 Å². The van der Waals surface area contributed by atoms with Crippen molar-refractivity contribution < 1.29 is 4.74 Å². The fourth-order valence-corrected chi connectivity index (χ4v) is 4.46. The molecule has 1 heterocycles. The predicted octanol–water partition coefficient (Wildman–Crippen LogP) is 4.90. The second-order valence-electron chi connectivity index (χ2n) is 7.49. The van der Waals surface area contributed by atoms with Crippen LogP contribution in [0, 0.1) is 0 Å². The highest BCUT2D eigenvalue weighted by atomic mass is 16.5. The molecule has 0 N–H and O–H groups in total. The van der Waals surface area contributed by atoms with E-state index in [4.69, 9.17) is 12.6 Å². The first-order chi connectivity index (χ1) is 11.5. The van der Waals surface area contributed by atoms with E-state index in [2.05, 4.69) is 44.2 Å². The number of benzene rings is 2. The predicted molar refractivity (Wildman–Crippen MR) is 100 cm³/mol. The number of fused-ring (bicyclic) bond motifs is 8.